The van der Waals surface area contributed by atoms with Crippen molar-refractivity contribution in [1.82, 2.24) is 15.1 Å². The molecule has 2 aliphatic heterocycles. The van der Waals surface area contributed by atoms with Crippen LogP contribution in [0.4, 0.5) is 0 Å². The second-order valence-electron chi connectivity index (χ2n) is 7.47. The molecule has 0 amide bonds. The van der Waals surface area contributed by atoms with Gasteiger partial charge in [0.2, 0.25) is 0 Å². The van der Waals surface area contributed by atoms with Gasteiger partial charge in [0.25, 0.3) is 0 Å². The third kappa shape index (κ3) is 5.30. The van der Waals surface area contributed by atoms with Crippen molar-refractivity contribution in [2.45, 2.75) is 44.7 Å². The van der Waals surface area contributed by atoms with E-state index in [2.05, 4.69) is 52.5 Å². The summed E-state index contributed by atoms with van der Waals surface area (Å²) in [6.07, 6.45) is 6.81. The van der Waals surface area contributed by atoms with Crippen molar-refractivity contribution >= 4 is 0 Å². The van der Waals surface area contributed by atoms with E-state index in [0.29, 0.717) is 0 Å². The third-order valence-electron chi connectivity index (χ3n) is 5.72. The van der Waals surface area contributed by atoms with Crippen molar-refractivity contribution in [3.8, 4) is 0 Å². The number of nitrogens with zero attached hydrogens (tertiary/aromatic N) is 2. The zero-order valence-corrected chi connectivity index (χ0v) is 14.7. The molecule has 1 unspecified atom stereocenters. The molecule has 1 atom stereocenters. The van der Waals surface area contributed by atoms with E-state index >= 15 is 0 Å². The lowest BCUT2D eigenvalue weighted by Crippen LogP contribution is -2.44. The molecule has 2 saturated heterocycles. The lowest BCUT2D eigenvalue weighted by Gasteiger charge is -2.37. The predicted octanol–water partition coefficient (Wildman–Crippen LogP) is 2.97. The molecule has 2 heterocycles. The fraction of sp³-hybridized carbons (Fsp3) is 0.700. The van der Waals surface area contributed by atoms with Crippen molar-refractivity contribution in [3.05, 3.63) is 35.9 Å². The van der Waals surface area contributed by atoms with Crippen molar-refractivity contribution in [1.29, 1.82) is 0 Å². The highest BCUT2D eigenvalue weighted by atomic mass is 15.2. The molecule has 1 aromatic rings. The standard InChI is InChI=1S/C20H33N3/c1-22(13-9-18-8-5-12-21-16-18)20-10-14-23(15-11-20)17-19-6-3-2-4-7-19/h2-4,6-7,18,20-21H,5,8-17H2,1H3. The highest BCUT2D eigenvalue weighted by molar-refractivity contribution is 5.14. The van der Waals surface area contributed by atoms with E-state index in [0.717, 1.165) is 18.5 Å². The normalized spacial score (nSPS) is 24.2. The first kappa shape index (κ1) is 16.9. The van der Waals surface area contributed by atoms with Gasteiger partial charge in [0.1, 0.15) is 0 Å². The molecule has 0 bridgehead atoms. The summed E-state index contributed by atoms with van der Waals surface area (Å²) in [5.41, 5.74) is 1.45. The molecular formula is C20H33N3. The van der Waals surface area contributed by atoms with E-state index in [4.69, 9.17) is 0 Å². The minimum absolute atomic E-state index is 0.790. The van der Waals surface area contributed by atoms with Crippen LogP contribution in [0.3, 0.4) is 0 Å². The van der Waals surface area contributed by atoms with Gasteiger partial charge < -0.3 is 10.2 Å². The Labute approximate surface area is 142 Å². The number of benzene rings is 1. The van der Waals surface area contributed by atoms with Gasteiger partial charge >= 0.3 is 0 Å². The van der Waals surface area contributed by atoms with Crippen LogP contribution in [0.25, 0.3) is 0 Å². The van der Waals surface area contributed by atoms with E-state index in [1.165, 1.54) is 70.4 Å². The molecule has 3 heteroatoms. The minimum Gasteiger partial charge on any atom is -0.316 e. The Balaban J connectivity index is 1.36. The Hall–Kier alpha value is -0.900. The Bertz CT molecular complexity index is 433. The lowest BCUT2D eigenvalue weighted by molar-refractivity contribution is 0.117. The molecule has 0 spiro atoms. The summed E-state index contributed by atoms with van der Waals surface area (Å²) in [6.45, 7) is 7.35. The number of likely N-dealkylation sites (tertiary alicyclic amines) is 1. The topological polar surface area (TPSA) is 18.5 Å². The molecule has 1 N–H and O–H groups in total. The van der Waals surface area contributed by atoms with Gasteiger partial charge in [-0.05, 0) is 83.4 Å². The fourth-order valence-electron chi connectivity index (χ4n) is 4.10. The first-order valence-corrected chi connectivity index (χ1v) is 9.48. The fourth-order valence-corrected chi connectivity index (χ4v) is 4.10. The Morgan fingerprint density at radius 1 is 1.13 bits per heavy atom. The van der Waals surface area contributed by atoms with Gasteiger partial charge in [-0.15, -0.1) is 0 Å². The maximum Gasteiger partial charge on any atom is 0.0233 e. The number of rotatable bonds is 6. The Kier molecular flexibility index (Phi) is 6.49. The number of piperidine rings is 2. The molecule has 0 radical (unpaired) electrons. The van der Waals surface area contributed by atoms with Crippen LogP contribution in [0.2, 0.25) is 0 Å². The first-order chi connectivity index (χ1) is 11.3. The molecule has 128 valence electrons. The molecule has 1 aromatic carbocycles. The number of hydrogen-bond donors (Lipinski definition) is 1. The summed E-state index contributed by atoms with van der Waals surface area (Å²) in [4.78, 5) is 5.25. The van der Waals surface area contributed by atoms with Gasteiger partial charge in [0.05, 0.1) is 0 Å². The van der Waals surface area contributed by atoms with Crippen LogP contribution in [0.5, 0.6) is 0 Å². The molecule has 0 aliphatic carbocycles. The van der Waals surface area contributed by atoms with Crippen molar-refractivity contribution in [3.63, 3.8) is 0 Å². The highest BCUT2D eigenvalue weighted by Gasteiger charge is 2.23. The molecule has 0 aromatic heterocycles. The van der Waals surface area contributed by atoms with Crippen LogP contribution >= 0.6 is 0 Å². The van der Waals surface area contributed by atoms with E-state index in [-0.39, 0.29) is 0 Å². The summed E-state index contributed by atoms with van der Waals surface area (Å²) in [6, 6.07) is 11.7. The summed E-state index contributed by atoms with van der Waals surface area (Å²) in [7, 11) is 2.34. The summed E-state index contributed by atoms with van der Waals surface area (Å²) in [5.74, 6) is 0.907. The number of hydrogen-bond acceptors (Lipinski definition) is 3. The van der Waals surface area contributed by atoms with Crippen LogP contribution in [0.1, 0.15) is 37.7 Å². The van der Waals surface area contributed by atoms with Gasteiger partial charge in [0, 0.05) is 12.6 Å². The summed E-state index contributed by atoms with van der Waals surface area (Å²) in [5, 5.41) is 3.54. The van der Waals surface area contributed by atoms with Crippen LogP contribution in [-0.2, 0) is 6.54 Å². The Morgan fingerprint density at radius 2 is 1.91 bits per heavy atom. The van der Waals surface area contributed by atoms with Crippen LogP contribution < -0.4 is 5.32 Å². The molecule has 3 rings (SSSR count). The van der Waals surface area contributed by atoms with Gasteiger partial charge in [0.15, 0.2) is 0 Å². The molecule has 2 aliphatic rings. The van der Waals surface area contributed by atoms with Gasteiger partial charge in [-0.2, -0.15) is 0 Å². The quantitative estimate of drug-likeness (QED) is 0.871. The molecule has 3 nitrogen and oxygen atoms in total. The van der Waals surface area contributed by atoms with Gasteiger partial charge in [-0.3, -0.25) is 4.90 Å². The zero-order valence-electron chi connectivity index (χ0n) is 14.7. The highest BCUT2D eigenvalue weighted by Crippen LogP contribution is 2.20. The van der Waals surface area contributed by atoms with E-state index < -0.39 is 0 Å². The molecule has 0 saturated carbocycles. The second-order valence-corrected chi connectivity index (χ2v) is 7.47. The second kappa shape index (κ2) is 8.81. The minimum atomic E-state index is 0.790. The molecular weight excluding hydrogens is 282 g/mol. The van der Waals surface area contributed by atoms with Crippen LogP contribution in [0.15, 0.2) is 30.3 Å². The molecule has 23 heavy (non-hydrogen) atoms. The first-order valence-electron chi connectivity index (χ1n) is 9.48. The van der Waals surface area contributed by atoms with Gasteiger partial charge in [-0.1, -0.05) is 30.3 Å². The SMILES string of the molecule is CN(CCC1CCCNC1)C1CCN(Cc2ccccc2)CC1. The molecule has 2 fully saturated rings. The maximum absolute atomic E-state index is 3.54. The van der Waals surface area contributed by atoms with Gasteiger partial charge in [-0.25, -0.2) is 0 Å². The van der Waals surface area contributed by atoms with Crippen molar-refractivity contribution in [2.75, 3.05) is 39.8 Å². The third-order valence-corrected chi connectivity index (χ3v) is 5.72. The largest absolute Gasteiger partial charge is 0.316 e. The zero-order chi connectivity index (χ0) is 15.9. The summed E-state index contributed by atoms with van der Waals surface area (Å²) >= 11 is 0. The lowest BCUT2D eigenvalue weighted by atomic mass is 9.95. The van der Waals surface area contributed by atoms with Crippen LogP contribution in [0, 0.1) is 5.92 Å². The van der Waals surface area contributed by atoms with E-state index in [1.807, 2.05) is 0 Å². The monoisotopic (exact) mass is 315 g/mol. The Morgan fingerprint density at radius 3 is 2.61 bits per heavy atom. The summed E-state index contributed by atoms with van der Waals surface area (Å²) < 4.78 is 0. The average Bonchev–Trinajstić information content (AvgIpc) is 2.62. The van der Waals surface area contributed by atoms with Crippen LogP contribution in [-0.4, -0.2) is 55.6 Å². The maximum atomic E-state index is 3.54. The van der Waals surface area contributed by atoms with Crippen molar-refractivity contribution < 1.29 is 0 Å². The number of nitrogens with one attached hydrogen (secondary N) is 1. The predicted molar refractivity (Wildman–Crippen MR) is 97.6 cm³/mol. The van der Waals surface area contributed by atoms with E-state index in [1.54, 1.807) is 0 Å². The van der Waals surface area contributed by atoms with E-state index in [9.17, 15) is 0 Å². The van der Waals surface area contributed by atoms with Crippen molar-refractivity contribution in [2.24, 2.45) is 5.92 Å². The smallest absolute Gasteiger partial charge is 0.0233 e. The average molecular weight is 316 g/mol.